The molecule has 72 valence electrons. The minimum atomic E-state index is -0.784. The monoisotopic (exact) mass is 288 g/mol. The summed E-state index contributed by atoms with van der Waals surface area (Å²) < 4.78 is 10.9. The van der Waals surface area contributed by atoms with Gasteiger partial charge in [-0.25, -0.2) is 0 Å². The molecule has 12 heavy (non-hydrogen) atoms. The Kier molecular flexibility index (Phi) is 4.18. The van der Waals surface area contributed by atoms with Crippen molar-refractivity contribution >= 4 is 22.6 Å². The highest BCUT2D eigenvalue weighted by atomic mass is 127. The maximum absolute atomic E-state index is 9.42. The zero-order chi connectivity index (χ0) is 9.14. The average Bonchev–Trinajstić information content (AvgIpc) is 2.09. The Balaban J connectivity index is 2.52. The van der Waals surface area contributed by atoms with E-state index in [9.17, 15) is 10.2 Å². The van der Waals surface area contributed by atoms with Crippen molar-refractivity contribution in [3.63, 3.8) is 0 Å². The van der Waals surface area contributed by atoms with Gasteiger partial charge < -0.3 is 19.7 Å². The molecule has 0 aliphatic carbocycles. The van der Waals surface area contributed by atoms with Gasteiger partial charge in [0.15, 0.2) is 6.29 Å². The van der Waals surface area contributed by atoms with E-state index in [0.717, 1.165) is 0 Å². The molecule has 0 aromatic carbocycles. The maximum Gasteiger partial charge on any atom is 0.160 e. The van der Waals surface area contributed by atoms with Crippen LogP contribution in [-0.2, 0) is 9.47 Å². The lowest BCUT2D eigenvalue weighted by Crippen LogP contribution is -2.49. The molecule has 0 amide bonds. The molecule has 0 bridgehead atoms. The molecule has 5 heteroatoms. The van der Waals surface area contributed by atoms with Gasteiger partial charge in [0.1, 0.15) is 6.10 Å². The van der Waals surface area contributed by atoms with E-state index < -0.39 is 12.2 Å². The highest BCUT2D eigenvalue weighted by Crippen LogP contribution is 2.21. The van der Waals surface area contributed by atoms with E-state index in [2.05, 4.69) is 22.6 Å². The topological polar surface area (TPSA) is 58.9 Å². The van der Waals surface area contributed by atoms with Crippen LogP contribution in [0.15, 0.2) is 0 Å². The zero-order valence-corrected chi connectivity index (χ0v) is 8.97. The van der Waals surface area contributed by atoms with E-state index in [4.69, 9.17) is 9.47 Å². The van der Waals surface area contributed by atoms with Gasteiger partial charge in [0, 0.05) is 18.0 Å². The lowest BCUT2D eigenvalue weighted by Gasteiger charge is -2.35. The molecule has 0 aromatic rings. The Labute approximate surface area is 85.0 Å². The van der Waals surface area contributed by atoms with E-state index >= 15 is 0 Å². The van der Waals surface area contributed by atoms with Gasteiger partial charge in [0.25, 0.3) is 0 Å². The summed E-state index contributed by atoms with van der Waals surface area (Å²) in [6.45, 7) is 0. The number of halogens is 1. The third-order valence-electron chi connectivity index (χ3n) is 1.95. The van der Waals surface area contributed by atoms with Gasteiger partial charge in [0.05, 0.1) is 12.2 Å². The number of hydrogen-bond acceptors (Lipinski definition) is 4. The number of rotatable bonds is 2. The van der Waals surface area contributed by atoms with Crippen LogP contribution < -0.4 is 0 Å². The van der Waals surface area contributed by atoms with Crippen LogP contribution in [0.5, 0.6) is 0 Å². The third-order valence-corrected chi connectivity index (χ3v) is 2.82. The zero-order valence-electron chi connectivity index (χ0n) is 6.81. The lowest BCUT2D eigenvalue weighted by atomic mass is 10.0. The van der Waals surface area contributed by atoms with Crippen LogP contribution >= 0.6 is 22.6 Å². The van der Waals surface area contributed by atoms with Crippen molar-refractivity contribution < 1.29 is 19.7 Å². The van der Waals surface area contributed by atoms with Gasteiger partial charge in [0.2, 0.25) is 0 Å². The molecule has 1 fully saturated rings. The van der Waals surface area contributed by atoms with Crippen LogP contribution in [0.1, 0.15) is 6.42 Å². The van der Waals surface area contributed by atoms with Crippen LogP contribution in [0, 0.1) is 0 Å². The van der Waals surface area contributed by atoms with Crippen molar-refractivity contribution in [1.82, 2.24) is 0 Å². The molecule has 0 spiro atoms. The Morgan fingerprint density at radius 3 is 2.75 bits per heavy atom. The van der Waals surface area contributed by atoms with E-state index in [-0.39, 0.29) is 12.4 Å². The molecule has 1 saturated heterocycles. The SMILES string of the molecule is CO[C@@H]1C[C@@H](O)[C@H](O)[C@@H](CI)O1. The van der Waals surface area contributed by atoms with Crippen molar-refractivity contribution in [3.8, 4) is 0 Å². The highest BCUT2D eigenvalue weighted by Gasteiger charge is 2.35. The van der Waals surface area contributed by atoms with Gasteiger partial charge >= 0.3 is 0 Å². The first-order valence-corrected chi connectivity index (χ1v) is 5.32. The molecule has 0 saturated carbocycles. The summed E-state index contributed by atoms with van der Waals surface area (Å²) in [6, 6.07) is 0. The Hall–Kier alpha value is 0.570. The normalized spacial score (nSPS) is 43.0. The number of methoxy groups -OCH3 is 1. The fourth-order valence-corrected chi connectivity index (χ4v) is 1.92. The summed E-state index contributed by atoms with van der Waals surface area (Å²) in [5.41, 5.74) is 0. The summed E-state index contributed by atoms with van der Waals surface area (Å²) in [5.74, 6) is 0. The van der Waals surface area contributed by atoms with Crippen LogP contribution in [0.25, 0.3) is 0 Å². The molecule has 2 N–H and O–H groups in total. The van der Waals surface area contributed by atoms with Gasteiger partial charge in [-0.1, -0.05) is 22.6 Å². The molecular formula is C7H13IO4. The first-order valence-electron chi connectivity index (χ1n) is 3.79. The van der Waals surface area contributed by atoms with Crippen LogP contribution in [0.3, 0.4) is 0 Å². The highest BCUT2D eigenvalue weighted by molar-refractivity contribution is 14.1. The molecule has 4 atom stereocenters. The second-order valence-electron chi connectivity index (χ2n) is 2.79. The summed E-state index contributed by atoms with van der Waals surface area (Å²) >= 11 is 2.11. The molecule has 4 nitrogen and oxygen atoms in total. The minimum absolute atomic E-state index is 0.320. The molecule has 0 aromatic heterocycles. The molecule has 1 rings (SSSR count). The minimum Gasteiger partial charge on any atom is -0.390 e. The second-order valence-corrected chi connectivity index (χ2v) is 3.67. The predicted octanol–water partition coefficient (Wildman–Crippen LogP) is -0.0954. The first-order chi connectivity index (χ1) is 5.69. The van der Waals surface area contributed by atoms with Crippen molar-refractivity contribution in [1.29, 1.82) is 0 Å². The third kappa shape index (κ3) is 2.29. The molecular weight excluding hydrogens is 275 g/mol. The van der Waals surface area contributed by atoms with E-state index in [0.29, 0.717) is 10.8 Å². The number of ether oxygens (including phenoxy) is 2. The Bertz CT molecular complexity index is 143. The van der Waals surface area contributed by atoms with Crippen molar-refractivity contribution in [2.45, 2.75) is 31.0 Å². The molecule has 1 aliphatic rings. The first kappa shape index (κ1) is 10.6. The van der Waals surface area contributed by atoms with Crippen LogP contribution in [0.2, 0.25) is 0 Å². The Morgan fingerprint density at radius 1 is 1.58 bits per heavy atom. The largest absolute Gasteiger partial charge is 0.390 e. The van der Waals surface area contributed by atoms with Gasteiger partial charge in [-0.3, -0.25) is 0 Å². The van der Waals surface area contributed by atoms with E-state index in [1.165, 1.54) is 7.11 Å². The number of aliphatic hydroxyl groups is 2. The fourth-order valence-electron chi connectivity index (χ4n) is 1.19. The summed E-state index contributed by atoms with van der Waals surface area (Å²) in [7, 11) is 1.53. The average molecular weight is 288 g/mol. The summed E-state index contributed by atoms with van der Waals surface area (Å²) in [4.78, 5) is 0. The smallest absolute Gasteiger partial charge is 0.160 e. The lowest BCUT2D eigenvalue weighted by molar-refractivity contribution is -0.235. The van der Waals surface area contributed by atoms with E-state index in [1.54, 1.807) is 0 Å². The van der Waals surface area contributed by atoms with Gasteiger partial charge in [-0.2, -0.15) is 0 Å². The van der Waals surface area contributed by atoms with Gasteiger partial charge in [-0.15, -0.1) is 0 Å². The Morgan fingerprint density at radius 2 is 2.25 bits per heavy atom. The maximum atomic E-state index is 9.42. The molecule has 1 heterocycles. The molecule has 0 unspecified atom stereocenters. The summed E-state index contributed by atoms with van der Waals surface area (Å²) in [5, 5.41) is 18.8. The second kappa shape index (κ2) is 4.71. The quantitative estimate of drug-likeness (QED) is 0.550. The fraction of sp³-hybridized carbons (Fsp3) is 1.00. The van der Waals surface area contributed by atoms with Crippen molar-refractivity contribution in [2.24, 2.45) is 0 Å². The predicted molar refractivity (Wildman–Crippen MR) is 51.2 cm³/mol. The number of aliphatic hydroxyl groups excluding tert-OH is 2. The number of alkyl halides is 1. The molecule has 1 aliphatic heterocycles. The van der Waals surface area contributed by atoms with Crippen LogP contribution in [0.4, 0.5) is 0 Å². The van der Waals surface area contributed by atoms with Crippen LogP contribution in [-0.4, -0.2) is 46.4 Å². The standard InChI is InChI=1S/C7H13IO4/c1-11-6-2-4(9)7(10)5(3-8)12-6/h4-7,9-10H,2-3H2,1H3/t4-,5-,6+,7+/m1/s1. The summed E-state index contributed by atoms with van der Waals surface area (Å²) in [6.07, 6.45) is -1.88. The van der Waals surface area contributed by atoms with Crippen molar-refractivity contribution in [2.75, 3.05) is 11.5 Å². The van der Waals surface area contributed by atoms with Gasteiger partial charge in [-0.05, 0) is 0 Å². The number of hydrogen-bond donors (Lipinski definition) is 2. The van der Waals surface area contributed by atoms with E-state index in [1.807, 2.05) is 0 Å². The molecule has 0 radical (unpaired) electrons. The van der Waals surface area contributed by atoms with Crippen molar-refractivity contribution in [3.05, 3.63) is 0 Å².